The van der Waals surface area contributed by atoms with Crippen LogP contribution in [0.2, 0.25) is 0 Å². The Morgan fingerprint density at radius 1 is 1.11 bits per heavy atom. The van der Waals surface area contributed by atoms with Gasteiger partial charge in [0.15, 0.2) is 0 Å². The third-order valence-corrected chi connectivity index (χ3v) is 4.93. The van der Waals surface area contributed by atoms with Gasteiger partial charge in [-0.2, -0.15) is 0 Å². The molecule has 2 unspecified atom stereocenters. The summed E-state index contributed by atoms with van der Waals surface area (Å²) in [7, 11) is 0. The van der Waals surface area contributed by atoms with E-state index < -0.39 is 0 Å². The number of rotatable bonds is 4. The first-order valence-corrected chi connectivity index (χ1v) is 9.05. The number of hydrogen-bond acceptors (Lipinski definition) is 4. The number of fused-ring (bicyclic) bond motifs is 1. The molecule has 4 rings (SSSR count). The number of benzene rings is 2. The molecule has 2 aromatic carbocycles. The molecule has 0 saturated carbocycles. The van der Waals surface area contributed by atoms with Crippen LogP contribution in [0.4, 0.5) is 5.69 Å². The van der Waals surface area contributed by atoms with Crippen LogP contribution in [0.3, 0.4) is 0 Å². The molecule has 1 saturated heterocycles. The van der Waals surface area contributed by atoms with Gasteiger partial charge in [-0.1, -0.05) is 48.0 Å². The highest BCUT2D eigenvalue weighted by Gasteiger charge is 2.40. The lowest BCUT2D eigenvalue weighted by Gasteiger charge is -2.31. The van der Waals surface area contributed by atoms with Gasteiger partial charge in [-0.05, 0) is 31.0 Å². The average molecular weight is 362 g/mol. The van der Waals surface area contributed by atoms with E-state index in [-0.39, 0.29) is 30.4 Å². The zero-order valence-corrected chi connectivity index (χ0v) is 15.1. The molecule has 6 heteroatoms. The Hall–Kier alpha value is -3.12. The predicted octanol–water partition coefficient (Wildman–Crippen LogP) is 2.57. The van der Waals surface area contributed by atoms with E-state index in [2.05, 4.69) is 22.9 Å². The summed E-state index contributed by atoms with van der Waals surface area (Å²) in [6, 6.07) is 17.4. The van der Waals surface area contributed by atoms with Crippen molar-refractivity contribution in [3.05, 3.63) is 78.1 Å². The van der Waals surface area contributed by atoms with Crippen LogP contribution in [-0.2, 0) is 9.59 Å². The summed E-state index contributed by atoms with van der Waals surface area (Å²) in [6.07, 6.45) is 4.16. The number of nitrogens with one attached hydrogen (secondary N) is 2. The highest BCUT2D eigenvalue weighted by atomic mass is 16.2. The molecule has 0 aliphatic carbocycles. The van der Waals surface area contributed by atoms with Crippen LogP contribution in [0.5, 0.6) is 0 Å². The van der Waals surface area contributed by atoms with E-state index in [0.717, 1.165) is 16.8 Å². The van der Waals surface area contributed by atoms with Gasteiger partial charge in [0.1, 0.15) is 12.6 Å². The number of nitrogens with zero attached hydrogens (tertiary/aromatic N) is 2. The maximum Gasteiger partial charge on any atom is 0.251 e. The first-order chi connectivity index (χ1) is 13.1. The van der Waals surface area contributed by atoms with E-state index in [0.29, 0.717) is 6.42 Å². The lowest BCUT2D eigenvalue weighted by molar-refractivity contribution is -0.137. The Bertz CT molecular complexity index is 864. The number of carbonyl (C=O) groups excluding carboxylic acids is 2. The van der Waals surface area contributed by atoms with Gasteiger partial charge < -0.3 is 15.2 Å². The second-order valence-electron chi connectivity index (χ2n) is 6.93. The van der Waals surface area contributed by atoms with Crippen molar-refractivity contribution >= 4 is 17.5 Å². The van der Waals surface area contributed by atoms with Crippen LogP contribution in [-0.4, -0.2) is 34.3 Å². The smallest absolute Gasteiger partial charge is 0.251 e. The topological polar surface area (TPSA) is 64.7 Å². The lowest BCUT2D eigenvalue weighted by Crippen LogP contribution is -2.49. The normalized spacial score (nSPS) is 21.3. The van der Waals surface area contributed by atoms with Crippen molar-refractivity contribution in [1.29, 1.82) is 0 Å². The summed E-state index contributed by atoms with van der Waals surface area (Å²) >= 11 is 0. The van der Waals surface area contributed by atoms with Crippen LogP contribution in [0.1, 0.15) is 23.6 Å². The van der Waals surface area contributed by atoms with Crippen LogP contribution < -0.4 is 10.7 Å². The largest absolute Gasteiger partial charge is 0.325 e. The van der Waals surface area contributed by atoms with Gasteiger partial charge in [-0.3, -0.25) is 9.59 Å². The van der Waals surface area contributed by atoms with Crippen LogP contribution >= 0.6 is 0 Å². The highest BCUT2D eigenvalue weighted by molar-refractivity contribution is 5.96. The maximum atomic E-state index is 12.8. The predicted molar refractivity (Wildman–Crippen MR) is 103 cm³/mol. The second-order valence-corrected chi connectivity index (χ2v) is 6.93. The van der Waals surface area contributed by atoms with Crippen molar-refractivity contribution in [3.8, 4) is 0 Å². The number of hydrazine groups is 1. The molecule has 2 aliphatic rings. The average Bonchev–Trinajstić information content (AvgIpc) is 3.12. The van der Waals surface area contributed by atoms with E-state index in [4.69, 9.17) is 0 Å². The summed E-state index contributed by atoms with van der Waals surface area (Å²) in [5.41, 5.74) is 6.36. The molecule has 138 valence electrons. The molecular formula is C21H22N4O2. The highest BCUT2D eigenvalue weighted by Crippen LogP contribution is 2.30. The van der Waals surface area contributed by atoms with Crippen molar-refractivity contribution in [2.75, 3.05) is 11.9 Å². The zero-order chi connectivity index (χ0) is 18.8. The van der Waals surface area contributed by atoms with Crippen LogP contribution in [0, 0.1) is 6.92 Å². The SMILES string of the molecule is Cc1ccc(NC(=O)CN2C=CN3NC(c4ccccc4)CC3C2=O)cc1. The van der Waals surface area contributed by atoms with Crippen LogP contribution in [0.25, 0.3) is 0 Å². The Balaban J connectivity index is 1.39. The van der Waals surface area contributed by atoms with Gasteiger partial charge >= 0.3 is 0 Å². The Morgan fingerprint density at radius 3 is 2.59 bits per heavy atom. The molecule has 6 nitrogen and oxygen atoms in total. The fourth-order valence-electron chi connectivity index (χ4n) is 3.46. The lowest BCUT2D eigenvalue weighted by atomic mass is 10.0. The minimum Gasteiger partial charge on any atom is -0.325 e. The maximum absolute atomic E-state index is 12.8. The number of carbonyl (C=O) groups is 2. The quantitative estimate of drug-likeness (QED) is 0.877. The van der Waals surface area contributed by atoms with E-state index in [1.807, 2.05) is 60.6 Å². The molecule has 0 spiro atoms. The fourth-order valence-corrected chi connectivity index (χ4v) is 3.46. The standard InChI is InChI=1S/C21H22N4O2/c1-15-7-9-17(10-8-15)22-20(26)14-24-11-12-25-19(21(24)27)13-18(23-25)16-5-3-2-4-6-16/h2-12,18-19,23H,13-14H2,1H3,(H,22,26). The molecule has 2 aliphatic heterocycles. The fraction of sp³-hybridized carbons (Fsp3) is 0.238. The molecule has 27 heavy (non-hydrogen) atoms. The van der Waals surface area contributed by atoms with Gasteiger partial charge in [0.25, 0.3) is 5.91 Å². The molecule has 1 fully saturated rings. The first-order valence-electron chi connectivity index (χ1n) is 9.05. The monoisotopic (exact) mass is 362 g/mol. The van der Waals surface area contributed by atoms with Crippen molar-refractivity contribution < 1.29 is 9.59 Å². The Labute approximate surface area is 158 Å². The van der Waals surface area contributed by atoms with Gasteiger partial charge in [-0.25, -0.2) is 5.43 Å². The molecule has 0 aromatic heterocycles. The number of anilines is 1. The zero-order valence-electron chi connectivity index (χ0n) is 15.1. The van der Waals surface area contributed by atoms with E-state index >= 15 is 0 Å². The van der Waals surface area contributed by atoms with Gasteiger partial charge in [0.05, 0.1) is 6.04 Å². The molecule has 2 amide bonds. The van der Waals surface area contributed by atoms with Crippen molar-refractivity contribution in [2.45, 2.75) is 25.4 Å². The molecule has 0 radical (unpaired) electrons. The Morgan fingerprint density at radius 2 is 1.85 bits per heavy atom. The van der Waals surface area contributed by atoms with E-state index in [9.17, 15) is 9.59 Å². The molecule has 2 atom stereocenters. The summed E-state index contributed by atoms with van der Waals surface area (Å²) in [6.45, 7) is 2.00. The summed E-state index contributed by atoms with van der Waals surface area (Å²) in [5, 5.41) is 4.68. The third kappa shape index (κ3) is 3.71. The molecule has 2 aromatic rings. The summed E-state index contributed by atoms with van der Waals surface area (Å²) in [4.78, 5) is 26.6. The second kappa shape index (κ2) is 7.25. The van der Waals surface area contributed by atoms with Crippen molar-refractivity contribution in [2.24, 2.45) is 0 Å². The molecule has 2 N–H and O–H groups in total. The molecule has 2 heterocycles. The first kappa shape index (κ1) is 17.3. The molecular weight excluding hydrogens is 340 g/mol. The minimum atomic E-state index is -0.299. The minimum absolute atomic E-state index is 0.00353. The Kier molecular flexibility index (Phi) is 4.64. The van der Waals surface area contributed by atoms with Gasteiger partial charge in [0.2, 0.25) is 5.91 Å². The van der Waals surface area contributed by atoms with Crippen molar-refractivity contribution in [1.82, 2.24) is 15.3 Å². The number of hydrogen-bond donors (Lipinski definition) is 2. The third-order valence-electron chi connectivity index (χ3n) is 4.93. The van der Waals surface area contributed by atoms with Crippen molar-refractivity contribution in [3.63, 3.8) is 0 Å². The van der Waals surface area contributed by atoms with Gasteiger partial charge in [-0.15, -0.1) is 0 Å². The molecule has 0 bridgehead atoms. The number of amides is 2. The van der Waals surface area contributed by atoms with E-state index in [1.54, 1.807) is 6.20 Å². The number of aryl methyl sites for hydroxylation is 1. The van der Waals surface area contributed by atoms with Crippen LogP contribution in [0.15, 0.2) is 67.0 Å². The van der Waals surface area contributed by atoms with E-state index in [1.165, 1.54) is 4.90 Å². The summed E-state index contributed by atoms with van der Waals surface area (Å²) < 4.78 is 0. The van der Waals surface area contributed by atoms with Gasteiger partial charge in [0, 0.05) is 18.1 Å². The summed E-state index contributed by atoms with van der Waals surface area (Å²) in [5.74, 6) is -0.279.